The number of amides is 1. The van der Waals surface area contributed by atoms with E-state index >= 15 is 0 Å². The van der Waals surface area contributed by atoms with Crippen molar-refractivity contribution in [1.82, 2.24) is 4.90 Å². The van der Waals surface area contributed by atoms with E-state index in [1.54, 1.807) is 4.90 Å². The lowest BCUT2D eigenvalue weighted by atomic mass is 10.1. The number of benzene rings is 3. The monoisotopic (exact) mass is 405 g/mol. The van der Waals surface area contributed by atoms with Gasteiger partial charge >= 0.3 is 5.97 Å². The number of carbonyl (C=O) groups excluding carboxylic acids is 2. The standard InChI is InChI=1S/C24H23NO5/c26-20-11-12-21(22(27)15-20)24(29)30-17-23(28)25(16-19-9-5-2-6-10-19)14-13-18-7-3-1-4-8-18/h1-12,15,26-27H,13-14,16-17H2. The van der Waals surface area contributed by atoms with E-state index in [4.69, 9.17) is 4.74 Å². The maximum atomic E-state index is 12.8. The van der Waals surface area contributed by atoms with Gasteiger partial charge in [-0.15, -0.1) is 0 Å². The number of hydrogen-bond donors (Lipinski definition) is 2. The first-order valence-electron chi connectivity index (χ1n) is 9.57. The highest BCUT2D eigenvalue weighted by atomic mass is 16.5. The second-order valence-corrected chi connectivity index (χ2v) is 6.81. The molecule has 3 aromatic carbocycles. The maximum absolute atomic E-state index is 12.8. The van der Waals surface area contributed by atoms with Crippen molar-refractivity contribution in [1.29, 1.82) is 0 Å². The summed E-state index contributed by atoms with van der Waals surface area (Å²) >= 11 is 0. The van der Waals surface area contributed by atoms with Crippen LogP contribution < -0.4 is 0 Å². The molecule has 0 aliphatic rings. The van der Waals surface area contributed by atoms with Crippen LogP contribution in [-0.4, -0.2) is 40.1 Å². The molecule has 0 unspecified atom stereocenters. The van der Waals surface area contributed by atoms with Crippen molar-refractivity contribution in [2.24, 2.45) is 0 Å². The molecule has 3 rings (SSSR count). The predicted molar refractivity (Wildman–Crippen MR) is 112 cm³/mol. The zero-order valence-electron chi connectivity index (χ0n) is 16.4. The van der Waals surface area contributed by atoms with Crippen LogP contribution in [0.3, 0.4) is 0 Å². The molecule has 0 saturated heterocycles. The highest BCUT2D eigenvalue weighted by Gasteiger charge is 2.19. The average molecular weight is 405 g/mol. The first-order valence-corrected chi connectivity index (χ1v) is 9.57. The van der Waals surface area contributed by atoms with Crippen molar-refractivity contribution in [3.05, 3.63) is 95.6 Å². The summed E-state index contributed by atoms with van der Waals surface area (Å²) in [5, 5.41) is 19.1. The third-order valence-corrected chi connectivity index (χ3v) is 4.61. The van der Waals surface area contributed by atoms with Crippen molar-refractivity contribution < 1.29 is 24.5 Å². The summed E-state index contributed by atoms with van der Waals surface area (Å²) in [4.78, 5) is 26.6. The van der Waals surface area contributed by atoms with E-state index in [1.807, 2.05) is 60.7 Å². The lowest BCUT2D eigenvalue weighted by Gasteiger charge is -2.23. The second kappa shape index (κ2) is 10.1. The summed E-state index contributed by atoms with van der Waals surface area (Å²) in [6.45, 7) is 0.426. The minimum absolute atomic E-state index is 0.112. The highest BCUT2D eigenvalue weighted by molar-refractivity contribution is 5.94. The summed E-state index contributed by atoms with van der Waals surface area (Å²) in [5.74, 6) is -1.74. The molecule has 1 amide bonds. The number of carbonyl (C=O) groups is 2. The Morgan fingerprint density at radius 2 is 1.47 bits per heavy atom. The molecule has 30 heavy (non-hydrogen) atoms. The van der Waals surface area contributed by atoms with E-state index in [0.717, 1.165) is 17.2 Å². The van der Waals surface area contributed by atoms with Crippen LogP contribution in [0.1, 0.15) is 21.5 Å². The second-order valence-electron chi connectivity index (χ2n) is 6.81. The molecule has 0 bridgehead atoms. The van der Waals surface area contributed by atoms with Gasteiger partial charge in [0.2, 0.25) is 0 Å². The molecule has 3 aromatic rings. The third-order valence-electron chi connectivity index (χ3n) is 4.61. The molecular weight excluding hydrogens is 382 g/mol. The van der Waals surface area contributed by atoms with Crippen LogP contribution in [0.4, 0.5) is 0 Å². The van der Waals surface area contributed by atoms with Crippen molar-refractivity contribution in [3.63, 3.8) is 0 Å². The van der Waals surface area contributed by atoms with Crippen LogP contribution in [-0.2, 0) is 22.5 Å². The Hall–Kier alpha value is -3.80. The Morgan fingerprint density at radius 1 is 0.833 bits per heavy atom. The number of aromatic hydroxyl groups is 2. The molecule has 0 heterocycles. The molecule has 0 radical (unpaired) electrons. The minimum atomic E-state index is -0.830. The molecule has 154 valence electrons. The van der Waals surface area contributed by atoms with Gasteiger partial charge in [0.05, 0.1) is 0 Å². The fraction of sp³-hybridized carbons (Fsp3) is 0.167. The first-order chi connectivity index (χ1) is 14.5. The summed E-state index contributed by atoms with van der Waals surface area (Å²) in [5.41, 5.74) is 1.97. The van der Waals surface area contributed by atoms with Gasteiger partial charge in [-0.05, 0) is 29.7 Å². The van der Waals surface area contributed by atoms with Gasteiger partial charge in [0.1, 0.15) is 17.1 Å². The summed E-state index contributed by atoms with van der Waals surface area (Å²) < 4.78 is 5.11. The number of esters is 1. The fourth-order valence-electron chi connectivity index (χ4n) is 2.99. The molecule has 0 fully saturated rings. The molecule has 0 saturated carbocycles. The number of phenolic OH excluding ortho intramolecular Hbond substituents is 2. The van der Waals surface area contributed by atoms with E-state index in [-0.39, 0.29) is 17.2 Å². The third kappa shape index (κ3) is 5.85. The Morgan fingerprint density at radius 3 is 2.10 bits per heavy atom. The van der Waals surface area contributed by atoms with Gasteiger partial charge in [-0.3, -0.25) is 4.79 Å². The summed E-state index contributed by atoms with van der Waals surface area (Å²) in [6.07, 6.45) is 0.673. The van der Waals surface area contributed by atoms with Gasteiger partial charge in [0.25, 0.3) is 5.91 Å². The van der Waals surface area contributed by atoms with Gasteiger partial charge in [0, 0.05) is 19.2 Å². The number of phenols is 2. The molecule has 0 aliphatic heterocycles. The van der Waals surface area contributed by atoms with Crippen LogP contribution in [0, 0.1) is 0 Å². The molecule has 0 spiro atoms. The Labute approximate surface area is 175 Å². The van der Waals surface area contributed by atoms with E-state index < -0.39 is 18.3 Å². The van der Waals surface area contributed by atoms with E-state index in [1.165, 1.54) is 12.1 Å². The number of hydrogen-bond acceptors (Lipinski definition) is 5. The molecule has 2 N–H and O–H groups in total. The van der Waals surface area contributed by atoms with Crippen molar-refractivity contribution in [3.8, 4) is 11.5 Å². The number of ether oxygens (including phenoxy) is 1. The van der Waals surface area contributed by atoms with Gasteiger partial charge in [-0.1, -0.05) is 60.7 Å². The molecule has 6 heteroatoms. The molecule has 0 atom stereocenters. The Bertz CT molecular complexity index is 989. The lowest BCUT2D eigenvalue weighted by molar-refractivity contribution is -0.135. The summed E-state index contributed by atoms with van der Waals surface area (Å²) in [7, 11) is 0. The summed E-state index contributed by atoms with van der Waals surface area (Å²) in [6, 6.07) is 23.0. The number of rotatable bonds is 8. The van der Waals surface area contributed by atoms with Gasteiger partial charge in [-0.25, -0.2) is 4.79 Å². The molecule has 0 aromatic heterocycles. The minimum Gasteiger partial charge on any atom is -0.508 e. The zero-order chi connectivity index (χ0) is 21.3. The van der Waals surface area contributed by atoms with Crippen LogP contribution in [0.15, 0.2) is 78.9 Å². The average Bonchev–Trinajstić information content (AvgIpc) is 2.76. The Kier molecular flexibility index (Phi) is 7.05. The first kappa shape index (κ1) is 20.9. The fourth-order valence-corrected chi connectivity index (χ4v) is 2.99. The van der Waals surface area contributed by atoms with Gasteiger partial charge in [0.15, 0.2) is 6.61 Å². The van der Waals surface area contributed by atoms with Crippen LogP contribution in [0.5, 0.6) is 11.5 Å². The van der Waals surface area contributed by atoms with E-state index in [2.05, 4.69) is 0 Å². The van der Waals surface area contributed by atoms with Crippen LogP contribution in [0.25, 0.3) is 0 Å². The number of nitrogens with zero attached hydrogens (tertiary/aromatic N) is 1. The van der Waals surface area contributed by atoms with Crippen LogP contribution in [0.2, 0.25) is 0 Å². The van der Waals surface area contributed by atoms with E-state index in [0.29, 0.717) is 19.5 Å². The highest BCUT2D eigenvalue weighted by Crippen LogP contribution is 2.23. The van der Waals surface area contributed by atoms with Gasteiger partial charge in [-0.2, -0.15) is 0 Å². The van der Waals surface area contributed by atoms with Gasteiger partial charge < -0.3 is 19.8 Å². The van der Waals surface area contributed by atoms with E-state index in [9.17, 15) is 19.8 Å². The van der Waals surface area contributed by atoms with Crippen molar-refractivity contribution in [2.45, 2.75) is 13.0 Å². The maximum Gasteiger partial charge on any atom is 0.342 e. The normalized spacial score (nSPS) is 10.4. The SMILES string of the molecule is O=C(OCC(=O)N(CCc1ccccc1)Cc1ccccc1)c1ccc(O)cc1O. The Balaban J connectivity index is 1.65. The lowest BCUT2D eigenvalue weighted by Crippen LogP contribution is -2.35. The zero-order valence-corrected chi connectivity index (χ0v) is 16.4. The van der Waals surface area contributed by atoms with Crippen molar-refractivity contribution in [2.75, 3.05) is 13.2 Å². The molecular formula is C24H23NO5. The van der Waals surface area contributed by atoms with Crippen molar-refractivity contribution >= 4 is 11.9 Å². The topological polar surface area (TPSA) is 87.1 Å². The quantitative estimate of drug-likeness (QED) is 0.560. The largest absolute Gasteiger partial charge is 0.508 e. The smallest absolute Gasteiger partial charge is 0.342 e. The predicted octanol–water partition coefficient (Wildman–Crippen LogP) is 3.53. The van der Waals surface area contributed by atoms with Crippen LogP contribution >= 0.6 is 0 Å². The molecule has 0 aliphatic carbocycles. The molecule has 6 nitrogen and oxygen atoms in total.